The molecule has 112 valence electrons. The molecular formula is C14H16N2O4S. The van der Waals surface area contributed by atoms with Gasteiger partial charge >= 0.3 is 0 Å². The summed E-state index contributed by atoms with van der Waals surface area (Å²) in [4.78, 5) is 0.131. The van der Waals surface area contributed by atoms with Crippen molar-refractivity contribution in [2.75, 3.05) is 12.3 Å². The predicted octanol–water partition coefficient (Wildman–Crippen LogP) is 1.20. The van der Waals surface area contributed by atoms with E-state index in [1.54, 1.807) is 6.07 Å². The maximum atomic E-state index is 12.0. The van der Waals surface area contributed by atoms with Crippen LogP contribution in [-0.4, -0.2) is 25.2 Å². The highest BCUT2D eigenvalue weighted by Gasteiger charge is 2.13. The molecule has 6 nitrogen and oxygen atoms in total. The van der Waals surface area contributed by atoms with Crippen molar-refractivity contribution in [3.8, 4) is 11.5 Å². The molecule has 21 heavy (non-hydrogen) atoms. The van der Waals surface area contributed by atoms with Crippen molar-refractivity contribution in [2.45, 2.75) is 11.3 Å². The van der Waals surface area contributed by atoms with Gasteiger partial charge in [0.2, 0.25) is 10.0 Å². The molecule has 0 bridgehead atoms. The van der Waals surface area contributed by atoms with Crippen LogP contribution < -0.4 is 10.5 Å². The Bertz CT molecular complexity index is 727. The molecule has 0 saturated heterocycles. The first kappa shape index (κ1) is 15.1. The van der Waals surface area contributed by atoms with Gasteiger partial charge in [0.1, 0.15) is 11.5 Å². The highest BCUT2D eigenvalue weighted by Crippen LogP contribution is 2.22. The van der Waals surface area contributed by atoms with Crippen molar-refractivity contribution in [3.05, 3.63) is 48.0 Å². The normalized spacial score (nSPS) is 11.4. The Hall–Kier alpha value is -2.25. The molecule has 5 N–H and O–H groups in total. The Labute approximate surface area is 122 Å². The van der Waals surface area contributed by atoms with Crippen LogP contribution in [0.15, 0.2) is 47.4 Å². The van der Waals surface area contributed by atoms with Crippen LogP contribution in [0.2, 0.25) is 0 Å². The monoisotopic (exact) mass is 308 g/mol. The lowest BCUT2D eigenvalue weighted by atomic mass is 10.1. The zero-order chi connectivity index (χ0) is 15.5. The van der Waals surface area contributed by atoms with Gasteiger partial charge in [0.05, 0.1) is 4.90 Å². The van der Waals surface area contributed by atoms with Gasteiger partial charge in [0.25, 0.3) is 0 Å². The molecule has 0 fully saturated rings. The van der Waals surface area contributed by atoms with Gasteiger partial charge in [-0.05, 0) is 42.3 Å². The minimum Gasteiger partial charge on any atom is -0.508 e. The maximum Gasteiger partial charge on any atom is 0.240 e. The summed E-state index contributed by atoms with van der Waals surface area (Å²) in [7, 11) is -3.60. The van der Waals surface area contributed by atoms with Crippen LogP contribution in [-0.2, 0) is 16.4 Å². The van der Waals surface area contributed by atoms with Gasteiger partial charge in [-0.3, -0.25) is 0 Å². The fraction of sp³-hybridized carbons (Fsp3) is 0.143. The lowest BCUT2D eigenvalue weighted by Gasteiger charge is -2.08. The molecule has 2 rings (SSSR count). The molecule has 0 aliphatic rings. The average Bonchev–Trinajstić information content (AvgIpc) is 2.41. The average molecular weight is 308 g/mol. The third-order valence-electron chi connectivity index (χ3n) is 2.95. The van der Waals surface area contributed by atoms with Crippen LogP contribution in [0.25, 0.3) is 0 Å². The Morgan fingerprint density at radius 2 is 1.71 bits per heavy atom. The minimum atomic E-state index is -3.60. The number of anilines is 1. The van der Waals surface area contributed by atoms with Crippen molar-refractivity contribution in [2.24, 2.45) is 0 Å². The number of hydrogen-bond donors (Lipinski definition) is 4. The standard InChI is InChI=1S/C14H16N2O4S/c15-11-2-5-13(6-3-11)21(19,20)16-8-7-10-1-4-12(17)9-14(10)18/h1-6,9,16-18H,7-8,15H2. The summed E-state index contributed by atoms with van der Waals surface area (Å²) in [6.07, 6.45) is 0.306. The van der Waals surface area contributed by atoms with Crippen LogP contribution in [0.5, 0.6) is 11.5 Å². The first-order valence-electron chi connectivity index (χ1n) is 6.24. The lowest BCUT2D eigenvalue weighted by Crippen LogP contribution is -2.26. The van der Waals surface area contributed by atoms with E-state index >= 15 is 0 Å². The third-order valence-corrected chi connectivity index (χ3v) is 4.42. The molecule has 2 aromatic rings. The number of nitrogens with two attached hydrogens (primary N) is 1. The number of nitrogen functional groups attached to an aromatic ring is 1. The number of rotatable bonds is 5. The minimum absolute atomic E-state index is 0.0429. The van der Waals surface area contributed by atoms with E-state index in [2.05, 4.69) is 4.72 Å². The van der Waals surface area contributed by atoms with E-state index in [1.165, 1.54) is 36.4 Å². The molecule has 0 unspecified atom stereocenters. The number of nitrogens with one attached hydrogen (secondary N) is 1. The molecule has 7 heteroatoms. The first-order chi connectivity index (χ1) is 9.88. The van der Waals surface area contributed by atoms with Crippen molar-refractivity contribution in [1.29, 1.82) is 0 Å². The van der Waals surface area contributed by atoms with E-state index in [0.717, 1.165) is 0 Å². The molecule has 0 heterocycles. The molecule has 2 aromatic carbocycles. The summed E-state index contributed by atoms with van der Waals surface area (Å²) in [5.74, 6) is -0.111. The van der Waals surface area contributed by atoms with Gasteiger partial charge in [0.15, 0.2) is 0 Å². The van der Waals surface area contributed by atoms with Gasteiger partial charge in [-0.2, -0.15) is 0 Å². The van der Waals surface area contributed by atoms with Gasteiger partial charge in [-0.15, -0.1) is 0 Å². The van der Waals surface area contributed by atoms with Gasteiger partial charge in [0, 0.05) is 18.3 Å². The third kappa shape index (κ3) is 3.87. The fourth-order valence-corrected chi connectivity index (χ4v) is 2.85. The van der Waals surface area contributed by atoms with Crippen molar-refractivity contribution >= 4 is 15.7 Å². The van der Waals surface area contributed by atoms with Crippen molar-refractivity contribution in [1.82, 2.24) is 4.72 Å². The van der Waals surface area contributed by atoms with E-state index in [1.807, 2.05) is 0 Å². The van der Waals surface area contributed by atoms with Crippen LogP contribution in [0.4, 0.5) is 5.69 Å². The first-order valence-corrected chi connectivity index (χ1v) is 7.73. The van der Waals surface area contributed by atoms with E-state index in [0.29, 0.717) is 17.7 Å². The molecule has 0 amide bonds. The summed E-state index contributed by atoms with van der Waals surface area (Å²) in [5, 5.41) is 18.8. The molecular weight excluding hydrogens is 292 g/mol. The lowest BCUT2D eigenvalue weighted by molar-refractivity contribution is 0.445. The number of sulfonamides is 1. The number of hydrogen-bond acceptors (Lipinski definition) is 5. The SMILES string of the molecule is Nc1ccc(S(=O)(=O)NCCc2ccc(O)cc2O)cc1. The number of phenolic OH excluding ortho intramolecular Hbond substituents is 2. The fourth-order valence-electron chi connectivity index (χ4n) is 1.81. The predicted molar refractivity (Wildman–Crippen MR) is 79.5 cm³/mol. The number of phenols is 2. The van der Waals surface area contributed by atoms with Crippen LogP contribution in [0.1, 0.15) is 5.56 Å². The Morgan fingerprint density at radius 1 is 1.05 bits per heavy atom. The van der Waals surface area contributed by atoms with E-state index in [-0.39, 0.29) is 22.9 Å². The van der Waals surface area contributed by atoms with Crippen molar-refractivity contribution < 1.29 is 18.6 Å². The number of benzene rings is 2. The van der Waals surface area contributed by atoms with E-state index in [4.69, 9.17) is 5.73 Å². The van der Waals surface area contributed by atoms with Crippen LogP contribution >= 0.6 is 0 Å². The molecule has 0 aliphatic carbocycles. The molecule has 0 aliphatic heterocycles. The van der Waals surface area contributed by atoms with Crippen molar-refractivity contribution in [3.63, 3.8) is 0 Å². The summed E-state index contributed by atoms with van der Waals surface area (Å²) in [6.45, 7) is 0.130. The summed E-state index contributed by atoms with van der Waals surface area (Å²) >= 11 is 0. The second-order valence-electron chi connectivity index (χ2n) is 4.53. The van der Waals surface area contributed by atoms with Gasteiger partial charge < -0.3 is 15.9 Å². The van der Waals surface area contributed by atoms with Crippen LogP contribution in [0, 0.1) is 0 Å². The number of aromatic hydroxyl groups is 2. The summed E-state index contributed by atoms with van der Waals surface area (Å²) in [6, 6.07) is 10.1. The molecule has 0 saturated carbocycles. The zero-order valence-corrected chi connectivity index (χ0v) is 12.0. The van der Waals surface area contributed by atoms with Crippen LogP contribution in [0.3, 0.4) is 0 Å². The topological polar surface area (TPSA) is 113 Å². The Morgan fingerprint density at radius 3 is 2.33 bits per heavy atom. The quantitative estimate of drug-likeness (QED) is 0.620. The smallest absolute Gasteiger partial charge is 0.240 e. The zero-order valence-electron chi connectivity index (χ0n) is 11.2. The second-order valence-corrected chi connectivity index (χ2v) is 6.30. The molecule has 0 spiro atoms. The summed E-state index contributed by atoms with van der Waals surface area (Å²) in [5.41, 5.74) is 6.55. The second kappa shape index (κ2) is 6.02. The van der Waals surface area contributed by atoms with Gasteiger partial charge in [-0.1, -0.05) is 6.07 Å². The highest BCUT2D eigenvalue weighted by atomic mass is 32.2. The Balaban J connectivity index is 2.00. The highest BCUT2D eigenvalue weighted by molar-refractivity contribution is 7.89. The molecule has 0 atom stereocenters. The maximum absolute atomic E-state index is 12.0. The van der Waals surface area contributed by atoms with E-state index < -0.39 is 10.0 Å². The summed E-state index contributed by atoms with van der Waals surface area (Å²) < 4.78 is 26.5. The van der Waals surface area contributed by atoms with Gasteiger partial charge in [-0.25, -0.2) is 13.1 Å². The van der Waals surface area contributed by atoms with E-state index in [9.17, 15) is 18.6 Å². The molecule has 0 aromatic heterocycles. The largest absolute Gasteiger partial charge is 0.508 e. The molecule has 0 radical (unpaired) electrons. The Kier molecular flexibility index (Phi) is 4.35.